The van der Waals surface area contributed by atoms with Crippen molar-refractivity contribution in [3.05, 3.63) is 18.2 Å². The van der Waals surface area contributed by atoms with Crippen molar-refractivity contribution >= 4 is 17.0 Å². The Hall–Kier alpha value is -1.79. The Morgan fingerprint density at radius 3 is 2.91 bits per heavy atom. The molecule has 2 aromatic rings. The molecule has 1 aromatic heterocycles. The number of aromatic hydroxyl groups is 1. The van der Waals surface area contributed by atoms with Crippen LogP contribution in [0.5, 0.6) is 5.75 Å². The quantitative estimate of drug-likeness (QED) is 0.854. The molecule has 1 aliphatic heterocycles. The van der Waals surface area contributed by atoms with E-state index in [9.17, 15) is 5.11 Å². The molecular formula is C17H26N4O2. The van der Waals surface area contributed by atoms with Crippen LogP contribution in [0.2, 0.25) is 0 Å². The lowest BCUT2D eigenvalue weighted by molar-refractivity contribution is 0.140. The van der Waals surface area contributed by atoms with Crippen molar-refractivity contribution in [3.63, 3.8) is 0 Å². The highest BCUT2D eigenvalue weighted by Gasteiger charge is 2.19. The van der Waals surface area contributed by atoms with E-state index in [1.54, 1.807) is 12.1 Å². The molecule has 0 aliphatic carbocycles. The molecule has 0 amide bonds. The van der Waals surface area contributed by atoms with E-state index in [1.807, 2.05) is 13.0 Å². The summed E-state index contributed by atoms with van der Waals surface area (Å²) in [6.07, 6.45) is 1.14. The van der Waals surface area contributed by atoms with E-state index in [0.717, 1.165) is 62.7 Å². The number of phenolic OH excluding ortho intramolecular Hbond substituents is 1. The fourth-order valence-electron chi connectivity index (χ4n) is 3.11. The number of benzene rings is 1. The van der Waals surface area contributed by atoms with Crippen LogP contribution in [0.3, 0.4) is 0 Å². The number of fused-ring (bicyclic) bond motifs is 1. The van der Waals surface area contributed by atoms with Gasteiger partial charge in [0.2, 0.25) is 5.95 Å². The minimum atomic E-state index is 0.258. The molecule has 0 unspecified atom stereocenters. The molecule has 1 aromatic carbocycles. The van der Waals surface area contributed by atoms with Crippen molar-refractivity contribution in [1.82, 2.24) is 14.5 Å². The summed E-state index contributed by atoms with van der Waals surface area (Å²) >= 11 is 0. The Kier molecular flexibility index (Phi) is 5.03. The third-order valence-corrected chi connectivity index (χ3v) is 4.38. The van der Waals surface area contributed by atoms with Crippen LogP contribution in [0.1, 0.15) is 13.3 Å². The Bertz CT molecular complexity index is 655. The topological polar surface area (TPSA) is 53.8 Å². The molecule has 2 heterocycles. The predicted molar refractivity (Wildman–Crippen MR) is 92.2 cm³/mol. The first-order valence-corrected chi connectivity index (χ1v) is 8.39. The van der Waals surface area contributed by atoms with Crippen molar-refractivity contribution in [2.75, 3.05) is 51.3 Å². The van der Waals surface area contributed by atoms with Crippen LogP contribution in [0.4, 0.5) is 5.95 Å². The van der Waals surface area contributed by atoms with E-state index in [-0.39, 0.29) is 5.75 Å². The number of phenols is 1. The predicted octanol–water partition coefficient (Wildman–Crippen LogP) is 1.92. The van der Waals surface area contributed by atoms with E-state index in [4.69, 9.17) is 9.72 Å². The number of nitrogens with zero attached hydrogens (tertiary/aromatic N) is 4. The largest absolute Gasteiger partial charge is 0.508 e. The Labute approximate surface area is 137 Å². The first kappa shape index (κ1) is 16.1. The van der Waals surface area contributed by atoms with E-state index in [2.05, 4.69) is 21.4 Å². The number of likely N-dealkylation sites (N-methyl/N-ethyl adjacent to an activating group) is 1. The van der Waals surface area contributed by atoms with Crippen LogP contribution in [0.25, 0.3) is 11.0 Å². The SMILES string of the molecule is CCOCCn1c(N2CCCN(C)CC2)nc2cc(O)ccc21. The molecule has 0 bridgehead atoms. The Balaban J connectivity index is 1.94. The smallest absolute Gasteiger partial charge is 0.206 e. The first-order valence-electron chi connectivity index (χ1n) is 8.39. The zero-order valence-corrected chi connectivity index (χ0v) is 14.0. The van der Waals surface area contributed by atoms with E-state index < -0.39 is 0 Å². The molecule has 3 rings (SSSR count). The number of aromatic nitrogens is 2. The maximum absolute atomic E-state index is 9.74. The molecule has 1 aliphatic rings. The standard InChI is InChI=1S/C17H26N4O2/c1-3-23-12-11-21-16-6-5-14(22)13-15(16)18-17(21)20-8-4-7-19(2)9-10-20/h5-6,13,22H,3-4,7-12H2,1-2H3. The number of anilines is 1. The van der Waals surface area contributed by atoms with Crippen molar-refractivity contribution in [3.8, 4) is 5.75 Å². The van der Waals surface area contributed by atoms with Crippen LogP contribution in [-0.4, -0.2) is 66.0 Å². The molecule has 126 valence electrons. The lowest BCUT2D eigenvalue weighted by Crippen LogP contribution is -2.31. The summed E-state index contributed by atoms with van der Waals surface area (Å²) in [4.78, 5) is 9.51. The highest BCUT2D eigenvalue weighted by Crippen LogP contribution is 2.26. The fourth-order valence-corrected chi connectivity index (χ4v) is 3.11. The zero-order chi connectivity index (χ0) is 16.2. The van der Waals surface area contributed by atoms with Crippen molar-refractivity contribution in [1.29, 1.82) is 0 Å². The maximum atomic E-state index is 9.74. The lowest BCUT2D eigenvalue weighted by Gasteiger charge is -2.23. The van der Waals surface area contributed by atoms with Crippen molar-refractivity contribution in [2.45, 2.75) is 19.9 Å². The summed E-state index contributed by atoms with van der Waals surface area (Å²) < 4.78 is 7.76. The van der Waals surface area contributed by atoms with Gasteiger partial charge in [-0.2, -0.15) is 0 Å². The van der Waals surface area contributed by atoms with Crippen LogP contribution >= 0.6 is 0 Å². The van der Waals surface area contributed by atoms with Gasteiger partial charge in [-0.25, -0.2) is 4.98 Å². The molecule has 6 nitrogen and oxygen atoms in total. The minimum absolute atomic E-state index is 0.258. The molecule has 0 atom stereocenters. The Morgan fingerprint density at radius 2 is 2.09 bits per heavy atom. The summed E-state index contributed by atoms with van der Waals surface area (Å²) in [5.41, 5.74) is 1.89. The number of imidazole rings is 1. The fraction of sp³-hybridized carbons (Fsp3) is 0.588. The van der Waals surface area contributed by atoms with Gasteiger partial charge in [0.1, 0.15) is 5.75 Å². The van der Waals surface area contributed by atoms with Gasteiger partial charge in [0.15, 0.2) is 0 Å². The van der Waals surface area contributed by atoms with Gasteiger partial charge < -0.3 is 24.2 Å². The summed E-state index contributed by atoms with van der Waals surface area (Å²) in [7, 11) is 2.17. The summed E-state index contributed by atoms with van der Waals surface area (Å²) in [6, 6.07) is 5.40. The third-order valence-electron chi connectivity index (χ3n) is 4.38. The van der Waals surface area contributed by atoms with Gasteiger partial charge in [-0.15, -0.1) is 0 Å². The van der Waals surface area contributed by atoms with Crippen LogP contribution in [0.15, 0.2) is 18.2 Å². The van der Waals surface area contributed by atoms with Crippen LogP contribution in [-0.2, 0) is 11.3 Å². The normalized spacial score (nSPS) is 16.9. The molecule has 6 heteroatoms. The second-order valence-electron chi connectivity index (χ2n) is 6.08. The summed E-state index contributed by atoms with van der Waals surface area (Å²) in [5, 5.41) is 9.74. The molecule has 1 fully saturated rings. The van der Waals surface area contributed by atoms with Gasteiger partial charge in [0, 0.05) is 38.9 Å². The first-order chi connectivity index (χ1) is 11.2. The Morgan fingerprint density at radius 1 is 1.22 bits per heavy atom. The van der Waals surface area contributed by atoms with Gasteiger partial charge in [0.05, 0.1) is 17.6 Å². The van der Waals surface area contributed by atoms with Gasteiger partial charge >= 0.3 is 0 Å². The van der Waals surface area contributed by atoms with Crippen molar-refractivity contribution in [2.24, 2.45) is 0 Å². The molecule has 1 saturated heterocycles. The van der Waals surface area contributed by atoms with Gasteiger partial charge in [-0.05, 0) is 39.1 Å². The summed E-state index contributed by atoms with van der Waals surface area (Å²) in [5.74, 6) is 1.25. The van der Waals surface area contributed by atoms with Crippen LogP contribution in [0, 0.1) is 0 Å². The van der Waals surface area contributed by atoms with Crippen LogP contribution < -0.4 is 4.90 Å². The van der Waals surface area contributed by atoms with Crippen molar-refractivity contribution < 1.29 is 9.84 Å². The van der Waals surface area contributed by atoms with Gasteiger partial charge in [-0.1, -0.05) is 0 Å². The lowest BCUT2D eigenvalue weighted by atomic mass is 10.3. The highest BCUT2D eigenvalue weighted by molar-refractivity contribution is 5.80. The number of ether oxygens (including phenoxy) is 1. The van der Waals surface area contributed by atoms with E-state index in [1.165, 1.54) is 0 Å². The van der Waals surface area contributed by atoms with Gasteiger partial charge in [-0.3, -0.25) is 0 Å². The molecule has 23 heavy (non-hydrogen) atoms. The molecular weight excluding hydrogens is 292 g/mol. The number of hydrogen-bond acceptors (Lipinski definition) is 5. The zero-order valence-electron chi connectivity index (χ0n) is 14.0. The number of rotatable bonds is 5. The molecule has 0 saturated carbocycles. The molecule has 0 radical (unpaired) electrons. The highest BCUT2D eigenvalue weighted by atomic mass is 16.5. The van der Waals surface area contributed by atoms with E-state index in [0.29, 0.717) is 6.61 Å². The summed E-state index contributed by atoms with van der Waals surface area (Å²) in [6.45, 7) is 8.32. The number of hydrogen-bond donors (Lipinski definition) is 1. The average molecular weight is 318 g/mol. The van der Waals surface area contributed by atoms with E-state index >= 15 is 0 Å². The molecule has 0 spiro atoms. The maximum Gasteiger partial charge on any atom is 0.206 e. The second-order valence-corrected chi connectivity index (χ2v) is 6.08. The third kappa shape index (κ3) is 3.59. The second kappa shape index (κ2) is 7.19. The minimum Gasteiger partial charge on any atom is -0.508 e. The molecule has 1 N–H and O–H groups in total. The monoisotopic (exact) mass is 318 g/mol. The average Bonchev–Trinajstić information content (AvgIpc) is 2.73. The van der Waals surface area contributed by atoms with Gasteiger partial charge in [0.25, 0.3) is 0 Å².